The number of carbonyl (C=O) groups excluding carboxylic acids is 1. The van der Waals surface area contributed by atoms with Crippen LogP contribution in [0.4, 0.5) is 5.69 Å². The minimum Gasteiger partial charge on any atom is -0.481 e. The summed E-state index contributed by atoms with van der Waals surface area (Å²) in [5.41, 5.74) is 0.743. The molecule has 1 aromatic rings. The number of hydrogen-bond donors (Lipinski definition) is 2. The molecule has 0 saturated carbocycles. The van der Waals surface area contributed by atoms with Gasteiger partial charge in [0.05, 0.1) is 13.0 Å². The number of aliphatic carboxylic acids is 1. The average molecular weight is 399 g/mol. The van der Waals surface area contributed by atoms with E-state index in [-0.39, 0.29) is 31.3 Å². The Labute approximate surface area is 131 Å². The van der Waals surface area contributed by atoms with Gasteiger partial charge in [-0.2, -0.15) is 0 Å². The number of benzene rings is 1. The molecular weight excluding hydrogens is 382 g/mol. The summed E-state index contributed by atoms with van der Waals surface area (Å²) >= 11 is 2.19. The minimum atomic E-state index is -0.861. The Bertz CT molecular complexity index is 425. The number of carboxylic acids is 1. The first kappa shape index (κ1) is 18.1. The number of carbonyl (C=O) groups is 2. The second-order valence-electron chi connectivity index (χ2n) is 3.94. The van der Waals surface area contributed by atoms with Gasteiger partial charge in [0.2, 0.25) is 5.91 Å². The first-order valence-corrected chi connectivity index (χ1v) is 6.51. The summed E-state index contributed by atoms with van der Waals surface area (Å²) in [6.45, 7) is 0.536. The number of carboxylic acid groups (broad SMARTS) is 1. The number of likely N-dealkylation sites (N-methyl/N-ethyl adjacent to an activating group) is 1. The van der Waals surface area contributed by atoms with Gasteiger partial charge >= 0.3 is 5.97 Å². The Balaban J connectivity index is 0.00000324. The van der Waals surface area contributed by atoms with Crippen LogP contribution in [0.15, 0.2) is 24.3 Å². The maximum absolute atomic E-state index is 11.7. The number of nitrogens with zero attached hydrogens (tertiary/aromatic N) is 1. The summed E-state index contributed by atoms with van der Waals surface area (Å²) in [7, 11) is 1.72. The third-order valence-corrected chi connectivity index (χ3v) is 2.97. The molecule has 0 aliphatic carbocycles. The first-order chi connectivity index (χ1) is 8.47. The number of rotatable bonds is 6. The first-order valence-electron chi connectivity index (χ1n) is 5.43. The standard InChI is InChI=1S/C12H15IN2O3.ClH/c1-15(7-6-12(17)18)8-11(16)14-10-4-2-9(13)3-5-10;/h2-5H,6-8H2,1H3,(H,14,16)(H,17,18);1H. The van der Waals surface area contributed by atoms with Crippen LogP contribution in [0.3, 0.4) is 0 Å². The van der Waals surface area contributed by atoms with Gasteiger partial charge in [-0.05, 0) is 53.9 Å². The van der Waals surface area contributed by atoms with Crippen LogP contribution in [-0.2, 0) is 9.59 Å². The highest BCUT2D eigenvalue weighted by atomic mass is 127. The van der Waals surface area contributed by atoms with E-state index in [1.165, 1.54) is 0 Å². The molecule has 0 fully saturated rings. The van der Waals surface area contributed by atoms with E-state index in [0.717, 1.165) is 9.26 Å². The number of nitrogens with one attached hydrogen (secondary N) is 1. The molecule has 1 aromatic carbocycles. The van der Waals surface area contributed by atoms with Crippen LogP contribution < -0.4 is 5.32 Å². The van der Waals surface area contributed by atoms with E-state index < -0.39 is 5.97 Å². The Hall–Kier alpha value is -0.860. The zero-order valence-corrected chi connectivity index (χ0v) is 13.4. The summed E-state index contributed by atoms with van der Waals surface area (Å²) in [6, 6.07) is 7.47. The molecule has 0 aromatic heterocycles. The minimum absolute atomic E-state index is 0. The van der Waals surface area contributed by atoms with Gasteiger partial charge in [-0.25, -0.2) is 0 Å². The molecule has 106 valence electrons. The molecule has 0 atom stereocenters. The zero-order valence-electron chi connectivity index (χ0n) is 10.4. The molecule has 0 aliphatic heterocycles. The summed E-state index contributed by atoms with van der Waals surface area (Å²) in [5, 5.41) is 11.3. The predicted molar refractivity (Wildman–Crippen MR) is 84.8 cm³/mol. The van der Waals surface area contributed by atoms with Crippen molar-refractivity contribution in [1.82, 2.24) is 4.90 Å². The van der Waals surface area contributed by atoms with Crippen LogP contribution in [0, 0.1) is 3.57 Å². The SMILES string of the molecule is CN(CCC(=O)O)CC(=O)Nc1ccc(I)cc1.Cl. The van der Waals surface area contributed by atoms with Gasteiger partial charge in [-0.1, -0.05) is 0 Å². The van der Waals surface area contributed by atoms with Crippen molar-refractivity contribution in [3.8, 4) is 0 Å². The molecule has 0 saturated heterocycles. The second kappa shape index (κ2) is 9.11. The van der Waals surface area contributed by atoms with E-state index in [4.69, 9.17) is 5.11 Å². The molecule has 0 radical (unpaired) electrons. The lowest BCUT2D eigenvalue weighted by Crippen LogP contribution is -2.31. The highest BCUT2D eigenvalue weighted by Gasteiger charge is 2.08. The van der Waals surface area contributed by atoms with Gasteiger partial charge in [0.25, 0.3) is 0 Å². The Morgan fingerprint density at radius 1 is 1.32 bits per heavy atom. The van der Waals surface area contributed by atoms with Crippen LogP contribution in [0.5, 0.6) is 0 Å². The molecular formula is C12H16ClIN2O3. The van der Waals surface area contributed by atoms with Crippen molar-refractivity contribution < 1.29 is 14.7 Å². The third kappa shape index (κ3) is 8.02. The van der Waals surface area contributed by atoms with E-state index in [9.17, 15) is 9.59 Å². The van der Waals surface area contributed by atoms with E-state index in [2.05, 4.69) is 27.9 Å². The Kier molecular flexibility index (Phi) is 8.70. The van der Waals surface area contributed by atoms with E-state index >= 15 is 0 Å². The van der Waals surface area contributed by atoms with Gasteiger partial charge in [0.1, 0.15) is 0 Å². The molecule has 0 unspecified atom stereocenters. The average Bonchev–Trinajstić information content (AvgIpc) is 2.29. The summed E-state index contributed by atoms with van der Waals surface area (Å²) in [6.07, 6.45) is 0.0350. The van der Waals surface area contributed by atoms with Crippen molar-refractivity contribution in [2.24, 2.45) is 0 Å². The normalized spacial score (nSPS) is 9.84. The number of halogens is 2. The number of amides is 1. The maximum Gasteiger partial charge on any atom is 0.304 e. The summed E-state index contributed by atoms with van der Waals surface area (Å²) in [5.74, 6) is -1.01. The smallest absolute Gasteiger partial charge is 0.304 e. The van der Waals surface area contributed by atoms with Gasteiger partial charge in [0.15, 0.2) is 0 Å². The Morgan fingerprint density at radius 2 is 1.89 bits per heavy atom. The van der Waals surface area contributed by atoms with Crippen LogP contribution in [0.1, 0.15) is 6.42 Å². The topological polar surface area (TPSA) is 69.6 Å². The molecule has 2 N–H and O–H groups in total. The van der Waals surface area contributed by atoms with E-state index in [1.54, 1.807) is 11.9 Å². The summed E-state index contributed by atoms with van der Waals surface area (Å²) < 4.78 is 1.10. The monoisotopic (exact) mass is 398 g/mol. The van der Waals surface area contributed by atoms with Crippen LogP contribution in [0.2, 0.25) is 0 Å². The fourth-order valence-electron chi connectivity index (χ4n) is 1.34. The second-order valence-corrected chi connectivity index (χ2v) is 5.18. The van der Waals surface area contributed by atoms with Crippen LogP contribution >= 0.6 is 35.0 Å². The van der Waals surface area contributed by atoms with Crippen LogP contribution in [-0.4, -0.2) is 42.0 Å². The molecule has 0 heterocycles. The van der Waals surface area contributed by atoms with Crippen molar-refractivity contribution in [3.63, 3.8) is 0 Å². The molecule has 0 aliphatic rings. The Morgan fingerprint density at radius 3 is 2.42 bits per heavy atom. The predicted octanol–water partition coefficient (Wildman–Crippen LogP) is 2.06. The van der Waals surface area contributed by atoms with Crippen LogP contribution in [0.25, 0.3) is 0 Å². The lowest BCUT2D eigenvalue weighted by molar-refractivity contribution is -0.137. The summed E-state index contributed by atoms with van der Waals surface area (Å²) in [4.78, 5) is 23.7. The zero-order chi connectivity index (χ0) is 13.5. The molecule has 0 bridgehead atoms. The largest absolute Gasteiger partial charge is 0.481 e. The van der Waals surface area contributed by atoms with Crippen molar-refractivity contribution in [3.05, 3.63) is 27.8 Å². The fraction of sp³-hybridized carbons (Fsp3) is 0.333. The van der Waals surface area contributed by atoms with Crippen molar-refractivity contribution >= 4 is 52.6 Å². The van der Waals surface area contributed by atoms with Crippen molar-refractivity contribution in [1.29, 1.82) is 0 Å². The molecule has 5 nitrogen and oxygen atoms in total. The van der Waals surface area contributed by atoms with Gasteiger partial charge in [0, 0.05) is 15.8 Å². The molecule has 1 rings (SSSR count). The lowest BCUT2D eigenvalue weighted by atomic mass is 10.3. The number of hydrogen-bond acceptors (Lipinski definition) is 3. The highest BCUT2D eigenvalue weighted by molar-refractivity contribution is 14.1. The quantitative estimate of drug-likeness (QED) is 0.720. The highest BCUT2D eigenvalue weighted by Crippen LogP contribution is 2.10. The van der Waals surface area contributed by atoms with Crippen molar-refractivity contribution in [2.75, 3.05) is 25.5 Å². The molecule has 0 spiro atoms. The van der Waals surface area contributed by atoms with Gasteiger partial charge in [-0.3, -0.25) is 14.5 Å². The molecule has 19 heavy (non-hydrogen) atoms. The fourth-order valence-corrected chi connectivity index (χ4v) is 1.70. The molecule has 7 heteroatoms. The number of anilines is 1. The lowest BCUT2D eigenvalue weighted by Gasteiger charge is -2.14. The third-order valence-electron chi connectivity index (χ3n) is 2.25. The molecule has 1 amide bonds. The maximum atomic E-state index is 11.7. The van der Waals surface area contributed by atoms with E-state index in [1.807, 2.05) is 24.3 Å². The van der Waals surface area contributed by atoms with Gasteiger partial charge in [-0.15, -0.1) is 12.4 Å². The van der Waals surface area contributed by atoms with Crippen molar-refractivity contribution in [2.45, 2.75) is 6.42 Å². The van der Waals surface area contributed by atoms with E-state index in [0.29, 0.717) is 6.54 Å². The van der Waals surface area contributed by atoms with Gasteiger partial charge < -0.3 is 10.4 Å².